The molecule has 0 aliphatic carbocycles. The first-order chi connectivity index (χ1) is 12.1. The molecule has 1 amide bonds. The molecular formula is C18H24N2O5S. The number of anilines is 1. The summed E-state index contributed by atoms with van der Waals surface area (Å²) < 4.78 is 32.8. The molecular weight excluding hydrogens is 356 g/mol. The molecule has 7 nitrogen and oxygen atoms in total. The molecule has 1 aromatic heterocycles. The Balaban J connectivity index is 2.02. The van der Waals surface area contributed by atoms with Gasteiger partial charge in [0.25, 0.3) is 0 Å². The number of sulfonamides is 1. The lowest BCUT2D eigenvalue weighted by Crippen LogP contribution is -2.26. The summed E-state index contributed by atoms with van der Waals surface area (Å²) in [5, 5.41) is 12.8. The molecule has 0 fully saturated rings. The van der Waals surface area contributed by atoms with Crippen LogP contribution in [0.3, 0.4) is 0 Å². The van der Waals surface area contributed by atoms with E-state index in [-0.39, 0.29) is 23.8 Å². The van der Waals surface area contributed by atoms with Gasteiger partial charge in [-0.2, -0.15) is 0 Å². The summed E-state index contributed by atoms with van der Waals surface area (Å²) in [5.41, 5.74) is 1.72. The van der Waals surface area contributed by atoms with Gasteiger partial charge in [-0.25, -0.2) is 13.1 Å². The van der Waals surface area contributed by atoms with Gasteiger partial charge < -0.3 is 14.8 Å². The maximum absolute atomic E-state index is 12.5. The summed E-state index contributed by atoms with van der Waals surface area (Å²) in [4.78, 5) is 11.2. The highest BCUT2D eigenvalue weighted by atomic mass is 32.2. The van der Waals surface area contributed by atoms with E-state index >= 15 is 0 Å². The number of aliphatic hydroxyl groups is 1. The van der Waals surface area contributed by atoms with Gasteiger partial charge in [-0.3, -0.25) is 4.79 Å². The van der Waals surface area contributed by atoms with E-state index in [0.29, 0.717) is 28.3 Å². The maximum Gasteiger partial charge on any atom is 0.240 e. The Morgan fingerprint density at radius 1 is 1.23 bits per heavy atom. The minimum absolute atomic E-state index is 0.0834. The predicted molar refractivity (Wildman–Crippen MR) is 98.4 cm³/mol. The molecule has 1 heterocycles. The second-order valence-electron chi connectivity index (χ2n) is 6.23. The van der Waals surface area contributed by atoms with Gasteiger partial charge in [0.2, 0.25) is 15.9 Å². The second-order valence-corrected chi connectivity index (χ2v) is 7.97. The summed E-state index contributed by atoms with van der Waals surface area (Å²) in [5.74, 6) is 1.10. The molecule has 0 radical (unpaired) electrons. The smallest absolute Gasteiger partial charge is 0.240 e. The van der Waals surface area contributed by atoms with E-state index in [1.54, 1.807) is 32.9 Å². The van der Waals surface area contributed by atoms with Gasteiger partial charge in [0.1, 0.15) is 11.5 Å². The molecule has 1 atom stereocenters. The number of rotatable bonds is 7. The average Bonchev–Trinajstić information content (AvgIpc) is 2.84. The van der Waals surface area contributed by atoms with Crippen LogP contribution in [0.4, 0.5) is 5.69 Å². The van der Waals surface area contributed by atoms with Crippen LogP contribution in [0.1, 0.15) is 42.1 Å². The number of amides is 1. The van der Waals surface area contributed by atoms with Crippen LogP contribution < -0.4 is 10.0 Å². The Hall–Kier alpha value is -2.16. The van der Waals surface area contributed by atoms with Gasteiger partial charge >= 0.3 is 0 Å². The van der Waals surface area contributed by atoms with Gasteiger partial charge in [0.15, 0.2) is 0 Å². The van der Waals surface area contributed by atoms with Crippen molar-refractivity contribution in [2.24, 2.45) is 0 Å². The standard InChI is InChI=1S/C18H24N2O5S/c1-11-9-15(20-14(4)21)5-6-18(11)26(23,24)19-8-7-17(22)16-10-12(2)25-13(16)3/h5-6,9-10,17,19,22H,7-8H2,1-4H3,(H,20,21). The van der Waals surface area contributed by atoms with E-state index in [4.69, 9.17) is 4.42 Å². The lowest BCUT2D eigenvalue weighted by Gasteiger charge is -2.13. The SMILES string of the molecule is CC(=O)Nc1ccc(S(=O)(=O)NCCC(O)c2cc(C)oc2C)c(C)c1. The Kier molecular flexibility index (Phi) is 6.22. The third-order valence-electron chi connectivity index (χ3n) is 3.93. The van der Waals surface area contributed by atoms with Crippen LogP contribution in [0.15, 0.2) is 33.6 Å². The molecule has 0 spiro atoms. The summed E-state index contributed by atoms with van der Waals surface area (Å²) in [7, 11) is -3.72. The van der Waals surface area contributed by atoms with Crippen LogP contribution in [0.5, 0.6) is 0 Å². The summed E-state index contributed by atoms with van der Waals surface area (Å²) in [6, 6.07) is 6.33. The zero-order chi connectivity index (χ0) is 19.5. The molecule has 0 bridgehead atoms. The third-order valence-corrected chi connectivity index (χ3v) is 5.55. The van der Waals surface area contributed by atoms with Gasteiger partial charge in [-0.15, -0.1) is 0 Å². The number of carbonyl (C=O) groups is 1. The minimum atomic E-state index is -3.72. The van der Waals surface area contributed by atoms with Crippen molar-refractivity contribution in [2.45, 2.75) is 45.1 Å². The highest BCUT2D eigenvalue weighted by molar-refractivity contribution is 7.89. The van der Waals surface area contributed by atoms with Gasteiger partial charge in [-0.05, 0) is 57.0 Å². The fourth-order valence-corrected chi connectivity index (χ4v) is 4.05. The predicted octanol–water partition coefficient (Wildman–Crippen LogP) is 2.57. The van der Waals surface area contributed by atoms with E-state index in [1.165, 1.54) is 19.1 Å². The number of benzene rings is 1. The number of nitrogens with one attached hydrogen (secondary N) is 2. The Morgan fingerprint density at radius 3 is 2.46 bits per heavy atom. The highest BCUT2D eigenvalue weighted by Gasteiger charge is 2.19. The number of hydrogen-bond donors (Lipinski definition) is 3. The van der Waals surface area contributed by atoms with Gasteiger partial charge in [0.05, 0.1) is 11.0 Å². The van der Waals surface area contributed by atoms with Crippen LogP contribution in [0.25, 0.3) is 0 Å². The van der Waals surface area contributed by atoms with Crippen molar-refractivity contribution in [3.63, 3.8) is 0 Å². The van der Waals surface area contributed by atoms with Crippen LogP contribution >= 0.6 is 0 Å². The van der Waals surface area contributed by atoms with E-state index in [9.17, 15) is 18.3 Å². The largest absolute Gasteiger partial charge is 0.466 e. The zero-order valence-corrected chi connectivity index (χ0v) is 16.1. The van der Waals surface area contributed by atoms with Crippen molar-refractivity contribution in [1.29, 1.82) is 0 Å². The van der Waals surface area contributed by atoms with Gasteiger partial charge in [-0.1, -0.05) is 0 Å². The fraction of sp³-hybridized carbons (Fsp3) is 0.389. The van der Waals surface area contributed by atoms with E-state index < -0.39 is 16.1 Å². The molecule has 0 aliphatic rings. The van der Waals surface area contributed by atoms with Crippen LogP contribution in [0.2, 0.25) is 0 Å². The summed E-state index contributed by atoms with van der Waals surface area (Å²) in [6.07, 6.45) is -0.583. The Morgan fingerprint density at radius 2 is 1.92 bits per heavy atom. The molecule has 1 unspecified atom stereocenters. The zero-order valence-electron chi connectivity index (χ0n) is 15.3. The molecule has 0 saturated heterocycles. The molecule has 1 aromatic carbocycles. The van der Waals surface area contributed by atoms with Crippen LogP contribution in [-0.4, -0.2) is 26.0 Å². The van der Waals surface area contributed by atoms with Crippen molar-refractivity contribution < 1.29 is 22.7 Å². The van der Waals surface area contributed by atoms with Gasteiger partial charge in [0, 0.05) is 24.7 Å². The number of aliphatic hydroxyl groups excluding tert-OH is 1. The maximum atomic E-state index is 12.5. The Bertz CT molecular complexity index is 902. The lowest BCUT2D eigenvalue weighted by molar-refractivity contribution is -0.114. The van der Waals surface area contributed by atoms with Crippen molar-refractivity contribution in [3.05, 3.63) is 46.9 Å². The molecule has 0 aliphatic heterocycles. The van der Waals surface area contributed by atoms with Crippen LogP contribution in [0, 0.1) is 20.8 Å². The number of carbonyl (C=O) groups excluding carboxylic acids is 1. The third kappa shape index (κ3) is 4.94. The first-order valence-corrected chi connectivity index (χ1v) is 9.71. The van der Waals surface area contributed by atoms with Crippen molar-refractivity contribution >= 4 is 21.6 Å². The number of aryl methyl sites for hydroxylation is 3. The highest BCUT2D eigenvalue weighted by Crippen LogP contribution is 2.24. The molecule has 8 heteroatoms. The first-order valence-electron chi connectivity index (χ1n) is 8.23. The molecule has 26 heavy (non-hydrogen) atoms. The second kappa shape index (κ2) is 8.03. The minimum Gasteiger partial charge on any atom is -0.466 e. The lowest BCUT2D eigenvalue weighted by atomic mass is 10.1. The number of furan rings is 1. The van der Waals surface area contributed by atoms with Crippen molar-refractivity contribution in [2.75, 3.05) is 11.9 Å². The molecule has 2 rings (SSSR count). The summed E-state index contributed by atoms with van der Waals surface area (Å²) in [6.45, 7) is 6.68. The van der Waals surface area contributed by atoms with Crippen molar-refractivity contribution in [1.82, 2.24) is 4.72 Å². The average molecular weight is 380 g/mol. The first kappa shape index (κ1) is 20.2. The normalized spacial score (nSPS) is 12.8. The monoisotopic (exact) mass is 380 g/mol. The number of hydrogen-bond acceptors (Lipinski definition) is 5. The van der Waals surface area contributed by atoms with E-state index in [1.807, 2.05) is 0 Å². The topological polar surface area (TPSA) is 109 Å². The molecule has 142 valence electrons. The molecule has 0 saturated carbocycles. The Labute approximate surface area is 153 Å². The summed E-state index contributed by atoms with van der Waals surface area (Å²) >= 11 is 0. The quantitative estimate of drug-likeness (QED) is 0.684. The van der Waals surface area contributed by atoms with Crippen LogP contribution in [-0.2, 0) is 14.8 Å². The molecule has 2 aromatic rings. The van der Waals surface area contributed by atoms with E-state index in [2.05, 4.69) is 10.0 Å². The van der Waals surface area contributed by atoms with Crippen molar-refractivity contribution in [3.8, 4) is 0 Å². The molecule has 3 N–H and O–H groups in total. The van der Waals surface area contributed by atoms with E-state index in [0.717, 1.165) is 0 Å². The fourth-order valence-electron chi connectivity index (χ4n) is 2.78.